The summed E-state index contributed by atoms with van der Waals surface area (Å²) < 4.78 is 1.77. The largest absolute Gasteiger partial charge is 0.871 e. The molecule has 0 amide bonds. The van der Waals surface area contributed by atoms with Crippen molar-refractivity contribution in [2.75, 3.05) is 7.05 Å². The molecule has 1 aromatic heterocycles. The van der Waals surface area contributed by atoms with E-state index >= 15 is 0 Å². The van der Waals surface area contributed by atoms with Crippen LogP contribution in [0.3, 0.4) is 0 Å². The van der Waals surface area contributed by atoms with Crippen LogP contribution in [0.4, 0.5) is 0 Å². The second-order valence-corrected chi connectivity index (χ2v) is 4.37. The normalized spacial score (nSPS) is 12.1. The van der Waals surface area contributed by atoms with E-state index in [9.17, 15) is 5.11 Å². The van der Waals surface area contributed by atoms with Crippen molar-refractivity contribution in [3.8, 4) is 0 Å². The van der Waals surface area contributed by atoms with Crippen LogP contribution in [0.1, 0.15) is 6.92 Å². The van der Waals surface area contributed by atoms with Crippen LogP contribution in [0.25, 0.3) is 16.5 Å². The molecule has 1 heterocycles. The fourth-order valence-corrected chi connectivity index (χ4v) is 2.10. The van der Waals surface area contributed by atoms with Gasteiger partial charge in [-0.15, -0.1) is 0 Å². The lowest BCUT2D eigenvalue weighted by Crippen LogP contribution is -2.41. The molecule has 0 aliphatic carbocycles. The number of nitrogens with zero attached hydrogens (tertiary/aromatic N) is 1. The Morgan fingerprint density at radius 1 is 1.22 bits per heavy atom. The maximum Gasteiger partial charge on any atom is 0.233 e. The number of nitrogens with one attached hydrogen (secondary N) is 1. The quantitative estimate of drug-likeness (QED) is 0.381. The molecule has 92 valence electrons. The van der Waals surface area contributed by atoms with Gasteiger partial charge in [0.05, 0.1) is 0 Å². The molecular formula is C14H14N2OS. The van der Waals surface area contributed by atoms with Crippen molar-refractivity contribution < 1.29 is 9.67 Å². The third kappa shape index (κ3) is 2.33. The fourth-order valence-electron chi connectivity index (χ4n) is 1.85. The summed E-state index contributed by atoms with van der Waals surface area (Å²) in [5, 5.41) is 16.7. The molecular weight excluding hydrogens is 244 g/mol. The lowest BCUT2D eigenvalue weighted by Gasteiger charge is -2.11. The SMILES string of the molecule is CNC(=S)/C(=C(\C)[O-])[n+]1ccc2ccccc2c1. The third-order valence-corrected chi connectivity index (χ3v) is 3.12. The topological polar surface area (TPSA) is 39.0 Å². The molecule has 0 saturated heterocycles. The summed E-state index contributed by atoms with van der Waals surface area (Å²) in [4.78, 5) is 0.447. The van der Waals surface area contributed by atoms with E-state index < -0.39 is 0 Å². The molecule has 0 spiro atoms. The number of hydrogen-bond donors (Lipinski definition) is 1. The van der Waals surface area contributed by atoms with Crippen molar-refractivity contribution in [2.45, 2.75) is 6.92 Å². The summed E-state index contributed by atoms with van der Waals surface area (Å²) in [5.41, 5.74) is 0.484. The van der Waals surface area contributed by atoms with Gasteiger partial charge in [-0.2, -0.15) is 4.57 Å². The zero-order valence-corrected chi connectivity index (χ0v) is 11.1. The van der Waals surface area contributed by atoms with E-state index in [1.54, 1.807) is 11.6 Å². The highest BCUT2D eigenvalue weighted by Crippen LogP contribution is 2.11. The Balaban J connectivity index is 2.59. The Bertz CT molecular complexity index is 630. The van der Waals surface area contributed by atoms with Gasteiger partial charge >= 0.3 is 0 Å². The number of allylic oxidation sites excluding steroid dienone is 1. The van der Waals surface area contributed by atoms with E-state index in [-0.39, 0.29) is 5.76 Å². The minimum absolute atomic E-state index is 0.0605. The molecule has 1 aromatic carbocycles. The van der Waals surface area contributed by atoms with Crippen LogP contribution in [-0.2, 0) is 0 Å². The standard InChI is InChI=1S/C14H14N2OS/c1-10(17)13(14(18)15-2)16-8-7-11-5-3-4-6-12(11)9-16/h3-9H,1-2H3,(H-,15,17,18). The van der Waals surface area contributed by atoms with E-state index in [0.29, 0.717) is 10.7 Å². The van der Waals surface area contributed by atoms with Crippen molar-refractivity contribution in [2.24, 2.45) is 0 Å². The molecule has 0 bridgehead atoms. The molecule has 2 rings (SSSR count). The zero-order chi connectivity index (χ0) is 13.1. The van der Waals surface area contributed by atoms with Crippen LogP contribution < -0.4 is 15.0 Å². The highest BCUT2D eigenvalue weighted by atomic mass is 32.1. The van der Waals surface area contributed by atoms with E-state index in [2.05, 4.69) is 5.32 Å². The minimum atomic E-state index is -0.0605. The number of thiocarbonyl (C=S) groups is 1. The Hall–Kier alpha value is -1.94. The van der Waals surface area contributed by atoms with Crippen LogP contribution in [0.2, 0.25) is 0 Å². The predicted molar refractivity (Wildman–Crippen MR) is 74.7 cm³/mol. The summed E-state index contributed by atoms with van der Waals surface area (Å²) in [6.45, 7) is 1.52. The Labute approximate surface area is 111 Å². The number of rotatable bonds is 2. The fraction of sp³-hybridized carbons (Fsp3) is 0.143. The van der Waals surface area contributed by atoms with Gasteiger partial charge in [-0.25, -0.2) is 0 Å². The lowest BCUT2D eigenvalue weighted by molar-refractivity contribution is -0.579. The highest BCUT2D eigenvalue weighted by Gasteiger charge is 2.15. The summed E-state index contributed by atoms with van der Waals surface area (Å²) >= 11 is 5.17. The minimum Gasteiger partial charge on any atom is -0.871 e. The molecule has 18 heavy (non-hydrogen) atoms. The van der Waals surface area contributed by atoms with E-state index in [1.807, 2.05) is 42.7 Å². The van der Waals surface area contributed by atoms with Crippen LogP contribution >= 0.6 is 12.2 Å². The summed E-state index contributed by atoms with van der Waals surface area (Å²) in [6.07, 6.45) is 3.76. The van der Waals surface area contributed by atoms with Gasteiger partial charge in [0, 0.05) is 18.5 Å². The van der Waals surface area contributed by atoms with Crippen molar-refractivity contribution >= 4 is 33.7 Å². The smallest absolute Gasteiger partial charge is 0.233 e. The number of pyridine rings is 1. The number of fused-ring (bicyclic) bond motifs is 1. The second-order valence-electron chi connectivity index (χ2n) is 3.96. The first-order valence-electron chi connectivity index (χ1n) is 5.64. The number of hydrogen-bond acceptors (Lipinski definition) is 2. The first-order chi connectivity index (χ1) is 8.63. The molecule has 0 radical (unpaired) electrons. The molecule has 0 aliphatic rings. The molecule has 0 fully saturated rings. The Kier molecular flexibility index (Phi) is 3.58. The van der Waals surface area contributed by atoms with Crippen molar-refractivity contribution in [3.05, 3.63) is 48.5 Å². The zero-order valence-electron chi connectivity index (χ0n) is 10.3. The van der Waals surface area contributed by atoms with Crippen LogP contribution in [0.5, 0.6) is 0 Å². The van der Waals surface area contributed by atoms with Gasteiger partial charge in [0.1, 0.15) is 0 Å². The molecule has 0 aliphatic heterocycles. The van der Waals surface area contributed by atoms with Crippen LogP contribution in [-0.4, -0.2) is 12.0 Å². The molecule has 0 atom stereocenters. The van der Waals surface area contributed by atoms with Gasteiger partial charge < -0.3 is 10.4 Å². The maximum absolute atomic E-state index is 11.7. The Morgan fingerprint density at radius 3 is 2.50 bits per heavy atom. The van der Waals surface area contributed by atoms with Crippen molar-refractivity contribution in [1.29, 1.82) is 0 Å². The molecule has 1 N–H and O–H groups in total. The van der Waals surface area contributed by atoms with E-state index in [0.717, 1.165) is 10.8 Å². The Morgan fingerprint density at radius 2 is 1.89 bits per heavy atom. The molecule has 3 nitrogen and oxygen atoms in total. The monoisotopic (exact) mass is 258 g/mol. The van der Waals surface area contributed by atoms with Crippen LogP contribution in [0.15, 0.2) is 48.5 Å². The molecule has 4 heteroatoms. The van der Waals surface area contributed by atoms with E-state index in [1.165, 1.54) is 6.92 Å². The predicted octanol–water partition coefficient (Wildman–Crippen LogP) is 1.22. The first-order valence-corrected chi connectivity index (χ1v) is 6.04. The highest BCUT2D eigenvalue weighted by molar-refractivity contribution is 7.81. The molecule has 2 aromatic rings. The number of benzene rings is 1. The molecule has 0 unspecified atom stereocenters. The summed E-state index contributed by atoms with van der Waals surface area (Å²) in [5.74, 6) is -0.0605. The average molecular weight is 258 g/mol. The number of aromatic nitrogens is 1. The van der Waals surface area contributed by atoms with Crippen molar-refractivity contribution in [3.63, 3.8) is 0 Å². The average Bonchev–Trinajstić information content (AvgIpc) is 2.38. The number of likely N-dealkylation sites (N-methyl/N-ethyl adjacent to an activating group) is 1. The third-order valence-electron chi connectivity index (χ3n) is 2.72. The lowest BCUT2D eigenvalue weighted by atomic mass is 10.2. The maximum atomic E-state index is 11.7. The van der Waals surface area contributed by atoms with E-state index in [4.69, 9.17) is 12.2 Å². The first kappa shape index (κ1) is 12.5. The van der Waals surface area contributed by atoms with Gasteiger partial charge in [0.25, 0.3) is 0 Å². The van der Waals surface area contributed by atoms with Gasteiger partial charge in [-0.3, -0.25) is 0 Å². The second kappa shape index (κ2) is 5.14. The van der Waals surface area contributed by atoms with Gasteiger partial charge in [-0.05, 0) is 18.4 Å². The van der Waals surface area contributed by atoms with Gasteiger partial charge in [0.15, 0.2) is 17.4 Å². The molecule has 0 saturated carbocycles. The van der Waals surface area contributed by atoms with Gasteiger partial charge in [-0.1, -0.05) is 36.2 Å². The van der Waals surface area contributed by atoms with Crippen molar-refractivity contribution in [1.82, 2.24) is 5.32 Å². The van der Waals surface area contributed by atoms with Crippen LogP contribution in [0, 0.1) is 0 Å². The summed E-state index contributed by atoms with van der Waals surface area (Å²) in [7, 11) is 1.72. The summed E-state index contributed by atoms with van der Waals surface area (Å²) in [6, 6.07) is 9.96. The van der Waals surface area contributed by atoms with Gasteiger partial charge in [0.2, 0.25) is 5.70 Å².